The molecule has 1 fully saturated rings. The first-order valence-corrected chi connectivity index (χ1v) is 12.7. The van der Waals surface area contributed by atoms with Gasteiger partial charge < -0.3 is 0 Å². The quantitative estimate of drug-likeness (QED) is 0.304. The van der Waals surface area contributed by atoms with Crippen molar-refractivity contribution in [3.8, 4) is 0 Å². The number of unbranched alkanes of at least 4 members (excludes halogenated alkanes) is 1. The Bertz CT molecular complexity index is 1060. The lowest BCUT2D eigenvalue weighted by Gasteiger charge is -2.28. The predicted octanol–water partition coefficient (Wildman–Crippen LogP) is 8.97. The Morgan fingerprint density at radius 3 is 2.12 bits per heavy atom. The predicted molar refractivity (Wildman–Crippen MR) is 131 cm³/mol. The molecule has 3 heteroatoms. The first-order chi connectivity index (χ1) is 16.0. The fraction of sp³-hybridized carbons (Fsp3) is 0.467. The summed E-state index contributed by atoms with van der Waals surface area (Å²) < 4.78 is 41.7. The number of benzene rings is 3. The van der Waals surface area contributed by atoms with Crippen LogP contribution in [0.4, 0.5) is 13.2 Å². The Morgan fingerprint density at radius 1 is 0.697 bits per heavy atom. The lowest BCUT2D eigenvalue weighted by molar-refractivity contribution is 0.250. The van der Waals surface area contributed by atoms with Gasteiger partial charge in [0.1, 0.15) is 5.82 Å². The maximum atomic E-state index is 15.1. The van der Waals surface area contributed by atoms with Crippen molar-refractivity contribution in [2.45, 2.75) is 77.6 Å². The molecule has 1 aliphatic rings. The molecule has 0 atom stereocenters. The van der Waals surface area contributed by atoms with E-state index in [0.29, 0.717) is 29.4 Å². The summed E-state index contributed by atoms with van der Waals surface area (Å²) >= 11 is 0. The molecule has 0 aromatic heterocycles. The molecule has 176 valence electrons. The number of rotatable bonds is 9. The number of halogens is 3. The van der Waals surface area contributed by atoms with Crippen molar-refractivity contribution in [3.63, 3.8) is 0 Å². The third-order valence-electron chi connectivity index (χ3n) is 7.54. The Labute approximate surface area is 196 Å². The number of aryl methyl sites for hydroxylation is 3. The van der Waals surface area contributed by atoms with Gasteiger partial charge in [-0.1, -0.05) is 88.3 Å². The summed E-state index contributed by atoms with van der Waals surface area (Å²) in [6.07, 6.45) is 12.8. The minimum absolute atomic E-state index is 0.202. The zero-order valence-electron chi connectivity index (χ0n) is 19.7. The van der Waals surface area contributed by atoms with Gasteiger partial charge in [0.15, 0.2) is 11.6 Å². The second-order valence-electron chi connectivity index (χ2n) is 9.91. The fourth-order valence-corrected chi connectivity index (χ4v) is 5.38. The Balaban J connectivity index is 1.34. The Kier molecular flexibility index (Phi) is 8.11. The van der Waals surface area contributed by atoms with Crippen molar-refractivity contribution < 1.29 is 13.2 Å². The van der Waals surface area contributed by atoms with Gasteiger partial charge in [0, 0.05) is 5.39 Å². The maximum Gasteiger partial charge on any atom is 0.159 e. The first-order valence-electron chi connectivity index (χ1n) is 12.7. The van der Waals surface area contributed by atoms with E-state index >= 15 is 4.39 Å². The van der Waals surface area contributed by atoms with Crippen LogP contribution in [0.3, 0.4) is 0 Å². The van der Waals surface area contributed by atoms with Crippen LogP contribution in [-0.2, 0) is 19.3 Å². The van der Waals surface area contributed by atoms with Crippen molar-refractivity contribution in [2.24, 2.45) is 11.8 Å². The van der Waals surface area contributed by atoms with Gasteiger partial charge in [0.2, 0.25) is 0 Å². The SMILES string of the molecule is CCCCC1CCC(CCc2ccc3c(F)c(CCc4ccc(F)c(F)c4)ccc3c2)CC1. The first kappa shape index (κ1) is 23.9. The molecule has 4 rings (SSSR count). The van der Waals surface area contributed by atoms with Gasteiger partial charge in [-0.2, -0.15) is 0 Å². The summed E-state index contributed by atoms with van der Waals surface area (Å²) in [7, 11) is 0. The summed E-state index contributed by atoms with van der Waals surface area (Å²) in [6.45, 7) is 2.28. The third kappa shape index (κ3) is 6.19. The number of fused-ring (bicyclic) bond motifs is 1. The minimum Gasteiger partial charge on any atom is -0.206 e. The van der Waals surface area contributed by atoms with Crippen LogP contribution in [0.1, 0.15) is 75.0 Å². The van der Waals surface area contributed by atoms with Gasteiger partial charge in [0.05, 0.1) is 0 Å². The van der Waals surface area contributed by atoms with Crippen LogP contribution >= 0.6 is 0 Å². The van der Waals surface area contributed by atoms with E-state index in [2.05, 4.69) is 19.1 Å². The van der Waals surface area contributed by atoms with Crippen molar-refractivity contribution in [3.05, 3.63) is 82.7 Å². The molecule has 0 N–H and O–H groups in total. The van der Waals surface area contributed by atoms with Crippen LogP contribution in [0.15, 0.2) is 48.5 Å². The molecule has 0 nitrogen and oxygen atoms in total. The van der Waals surface area contributed by atoms with Gasteiger partial charge >= 0.3 is 0 Å². The van der Waals surface area contributed by atoms with E-state index in [1.807, 2.05) is 18.2 Å². The van der Waals surface area contributed by atoms with E-state index in [9.17, 15) is 8.78 Å². The summed E-state index contributed by atoms with van der Waals surface area (Å²) in [5.74, 6) is -0.142. The van der Waals surface area contributed by atoms with E-state index in [1.165, 1.54) is 63.0 Å². The summed E-state index contributed by atoms with van der Waals surface area (Å²) in [5.41, 5.74) is 2.56. The van der Waals surface area contributed by atoms with Crippen LogP contribution in [0.2, 0.25) is 0 Å². The highest BCUT2D eigenvalue weighted by Gasteiger charge is 2.20. The highest BCUT2D eigenvalue weighted by Crippen LogP contribution is 2.34. The van der Waals surface area contributed by atoms with Crippen molar-refractivity contribution in [1.29, 1.82) is 0 Å². The number of hydrogen-bond donors (Lipinski definition) is 0. The highest BCUT2D eigenvalue weighted by atomic mass is 19.2. The second-order valence-corrected chi connectivity index (χ2v) is 9.91. The molecule has 0 spiro atoms. The van der Waals surface area contributed by atoms with Crippen molar-refractivity contribution in [1.82, 2.24) is 0 Å². The van der Waals surface area contributed by atoms with Gasteiger partial charge in [-0.25, -0.2) is 13.2 Å². The molecule has 0 aliphatic heterocycles. The lowest BCUT2D eigenvalue weighted by atomic mass is 9.78. The normalized spacial score (nSPS) is 18.7. The highest BCUT2D eigenvalue weighted by molar-refractivity contribution is 5.84. The standard InChI is InChI=1S/C30H35F3/c1-2-3-4-21-5-7-22(8-6-21)9-10-23-12-17-27-26(19-23)16-15-25(30(27)33)14-11-24-13-18-28(31)29(32)20-24/h12-13,15-22H,2-11,14H2,1H3. The molecule has 3 aromatic rings. The van der Waals surface area contributed by atoms with Crippen molar-refractivity contribution >= 4 is 10.8 Å². The molecular weight excluding hydrogens is 417 g/mol. The maximum absolute atomic E-state index is 15.1. The molecule has 0 bridgehead atoms. The van der Waals surface area contributed by atoms with Crippen LogP contribution in [0.5, 0.6) is 0 Å². The van der Waals surface area contributed by atoms with E-state index in [0.717, 1.165) is 29.7 Å². The van der Waals surface area contributed by atoms with E-state index in [1.54, 1.807) is 6.07 Å². The zero-order valence-corrected chi connectivity index (χ0v) is 19.7. The van der Waals surface area contributed by atoms with E-state index in [-0.39, 0.29) is 5.82 Å². The smallest absolute Gasteiger partial charge is 0.159 e. The molecule has 3 aromatic carbocycles. The van der Waals surface area contributed by atoms with Crippen LogP contribution < -0.4 is 0 Å². The average Bonchev–Trinajstić information content (AvgIpc) is 2.83. The summed E-state index contributed by atoms with van der Waals surface area (Å²) in [4.78, 5) is 0. The fourth-order valence-electron chi connectivity index (χ4n) is 5.38. The van der Waals surface area contributed by atoms with Gasteiger partial charge in [-0.15, -0.1) is 0 Å². The Hall–Kier alpha value is -2.29. The third-order valence-corrected chi connectivity index (χ3v) is 7.54. The number of hydrogen-bond acceptors (Lipinski definition) is 0. The molecule has 0 unspecified atom stereocenters. The monoisotopic (exact) mass is 452 g/mol. The molecule has 0 radical (unpaired) electrons. The largest absolute Gasteiger partial charge is 0.206 e. The summed E-state index contributed by atoms with van der Waals surface area (Å²) in [5, 5.41) is 1.57. The average molecular weight is 453 g/mol. The van der Waals surface area contributed by atoms with Crippen LogP contribution in [0, 0.1) is 29.3 Å². The van der Waals surface area contributed by atoms with Gasteiger partial charge in [-0.05, 0) is 71.7 Å². The molecule has 1 aliphatic carbocycles. The molecular formula is C30H35F3. The molecule has 0 heterocycles. The van der Waals surface area contributed by atoms with E-state index < -0.39 is 11.6 Å². The van der Waals surface area contributed by atoms with Crippen LogP contribution in [-0.4, -0.2) is 0 Å². The lowest BCUT2D eigenvalue weighted by Crippen LogP contribution is -2.15. The summed E-state index contributed by atoms with van der Waals surface area (Å²) in [6, 6.07) is 13.8. The second kappa shape index (κ2) is 11.2. The minimum atomic E-state index is -0.858. The van der Waals surface area contributed by atoms with E-state index in [4.69, 9.17) is 0 Å². The van der Waals surface area contributed by atoms with Crippen molar-refractivity contribution in [2.75, 3.05) is 0 Å². The molecule has 0 saturated heterocycles. The van der Waals surface area contributed by atoms with Crippen LogP contribution in [0.25, 0.3) is 10.8 Å². The topological polar surface area (TPSA) is 0 Å². The van der Waals surface area contributed by atoms with Gasteiger partial charge in [0.25, 0.3) is 0 Å². The molecule has 33 heavy (non-hydrogen) atoms. The molecule has 1 saturated carbocycles. The Morgan fingerprint density at radius 2 is 1.39 bits per heavy atom. The van der Waals surface area contributed by atoms with Gasteiger partial charge in [-0.3, -0.25) is 0 Å². The molecule has 0 amide bonds. The zero-order chi connectivity index (χ0) is 23.2.